The van der Waals surface area contributed by atoms with Gasteiger partial charge in [-0.05, 0) is 36.2 Å². The van der Waals surface area contributed by atoms with Gasteiger partial charge in [-0.2, -0.15) is 0 Å². The van der Waals surface area contributed by atoms with Crippen molar-refractivity contribution in [2.75, 3.05) is 6.61 Å². The first-order valence-corrected chi connectivity index (χ1v) is 8.83. The molecule has 1 heterocycles. The van der Waals surface area contributed by atoms with Gasteiger partial charge in [-0.1, -0.05) is 42.0 Å². The van der Waals surface area contributed by atoms with Gasteiger partial charge in [-0.25, -0.2) is 0 Å². The summed E-state index contributed by atoms with van der Waals surface area (Å²) in [6.07, 6.45) is 7.89. The van der Waals surface area contributed by atoms with Crippen molar-refractivity contribution in [3.8, 4) is 5.75 Å². The SMILES string of the molecule is C=C[C@@H](/C=C/c1ccc(Cc2ccc(OCC)cc2Cl)nc1)NC(C)=O. The van der Waals surface area contributed by atoms with E-state index in [0.717, 1.165) is 22.6 Å². The van der Waals surface area contributed by atoms with E-state index in [1.165, 1.54) is 6.92 Å². The predicted octanol–water partition coefficient (Wildman–Crippen LogP) is 4.43. The van der Waals surface area contributed by atoms with Crippen molar-refractivity contribution in [2.45, 2.75) is 26.3 Å². The minimum atomic E-state index is -0.199. The van der Waals surface area contributed by atoms with Gasteiger partial charge in [-0.15, -0.1) is 6.58 Å². The lowest BCUT2D eigenvalue weighted by atomic mass is 10.1. The summed E-state index contributed by atoms with van der Waals surface area (Å²) in [7, 11) is 0. The Hall–Kier alpha value is -2.59. The van der Waals surface area contributed by atoms with Gasteiger partial charge in [0.2, 0.25) is 5.91 Å². The lowest BCUT2D eigenvalue weighted by Crippen LogP contribution is -2.29. The Morgan fingerprint density at radius 1 is 1.38 bits per heavy atom. The first kappa shape index (κ1) is 19.7. The van der Waals surface area contributed by atoms with E-state index in [1.807, 2.05) is 49.4 Å². The second-order valence-corrected chi connectivity index (χ2v) is 6.17. The molecule has 2 aromatic rings. The smallest absolute Gasteiger partial charge is 0.217 e. The van der Waals surface area contributed by atoms with Crippen molar-refractivity contribution in [3.05, 3.63) is 77.1 Å². The van der Waals surface area contributed by atoms with Crippen molar-refractivity contribution < 1.29 is 9.53 Å². The molecule has 2 rings (SSSR count). The average Bonchev–Trinajstić information content (AvgIpc) is 2.62. The molecule has 1 aromatic heterocycles. The zero-order valence-corrected chi connectivity index (χ0v) is 15.8. The molecule has 0 unspecified atom stereocenters. The number of nitrogens with one attached hydrogen (secondary N) is 1. The highest BCUT2D eigenvalue weighted by molar-refractivity contribution is 6.31. The normalized spacial score (nSPS) is 12.0. The van der Waals surface area contributed by atoms with Crippen molar-refractivity contribution >= 4 is 23.6 Å². The maximum absolute atomic E-state index is 11.1. The number of carbonyl (C=O) groups excluding carboxylic acids is 1. The summed E-state index contributed by atoms with van der Waals surface area (Å²) in [6.45, 7) is 7.74. The molecule has 0 aliphatic heterocycles. The molecular formula is C21H23ClN2O2. The van der Waals surface area contributed by atoms with Crippen LogP contribution in [-0.2, 0) is 11.2 Å². The van der Waals surface area contributed by atoms with Gasteiger partial charge in [0.15, 0.2) is 0 Å². The van der Waals surface area contributed by atoms with Crippen LogP contribution in [0, 0.1) is 0 Å². The third-order valence-corrected chi connectivity index (χ3v) is 4.03. The number of ether oxygens (including phenoxy) is 1. The van der Waals surface area contributed by atoms with Crippen LogP contribution >= 0.6 is 11.6 Å². The van der Waals surface area contributed by atoms with Gasteiger partial charge >= 0.3 is 0 Å². The Labute approximate surface area is 159 Å². The average molecular weight is 371 g/mol. The molecule has 0 aliphatic carbocycles. The van der Waals surface area contributed by atoms with Crippen molar-refractivity contribution in [1.82, 2.24) is 10.3 Å². The number of hydrogen-bond acceptors (Lipinski definition) is 3. The molecule has 26 heavy (non-hydrogen) atoms. The van der Waals surface area contributed by atoms with E-state index in [2.05, 4.69) is 16.9 Å². The van der Waals surface area contributed by atoms with E-state index >= 15 is 0 Å². The standard InChI is InChI=1S/C21H23ClN2O2/c1-4-18(24-15(3)25)9-6-16-7-10-19(23-14-16)12-17-8-11-20(26-5-2)13-21(17)22/h4,6-11,13-14,18H,1,5,12H2,2-3H3,(H,24,25)/b9-6+/t18-/m0/s1. The fourth-order valence-electron chi connectivity index (χ4n) is 2.40. The van der Waals surface area contributed by atoms with E-state index in [-0.39, 0.29) is 11.9 Å². The summed E-state index contributed by atoms with van der Waals surface area (Å²) in [6, 6.07) is 9.46. The molecule has 0 saturated carbocycles. The lowest BCUT2D eigenvalue weighted by molar-refractivity contribution is -0.119. The highest BCUT2D eigenvalue weighted by Gasteiger charge is 2.05. The van der Waals surface area contributed by atoms with Gasteiger partial charge in [0.1, 0.15) is 5.75 Å². The van der Waals surface area contributed by atoms with Gasteiger partial charge in [0, 0.05) is 30.3 Å². The summed E-state index contributed by atoms with van der Waals surface area (Å²) < 4.78 is 5.45. The first-order chi connectivity index (χ1) is 12.5. The maximum Gasteiger partial charge on any atom is 0.217 e. The Balaban J connectivity index is 2.03. The summed E-state index contributed by atoms with van der Waals surface area (Å²) >= 11 is 6.33. The second kappa shape index (κ2) is 9.78. The molecule has 4 nitrogen and oxygen atoms in total. The third kappa shape index (κ3) is 6.05. The van der Waals surface area contributed by atoms with Gasteiger partial charge in [0.25, 0.3) is 0 Å². The molecule has 1 amide bonds. The molecule has 0 aliphatic rings. The maximum atomic E-state index is 11.1. The molecule has 0 radical (unpaired) electrons. The van der Waals surface area contributed by atoms with Crippen LogP contribution < -0.4 is 10.1 Å². The third-order valence-electron chi connectivity index (χ3n) is 3.67. The summed E-state index contributed by atoms with van der Waals surface area (Å²) in [4.78, 5) is 15.6. The molecule has 0 fully saturated rings. The Morgan fingerprint density at radius 3 is 2.77 bits per heavy atom. The fourth-order valence-corrected chi connectivity index (χ4v) is 2.63. The number of carbonyl (C=O) groups is 1. The zero-order valence-electron chi connectivity index (χ0n) is 15.0. The molecule has 136 valence electrons. The minimum absolute atomic E-state index is 0.0970. The molecule has 5 heteroatoms. The molecule has 1 N–H and O–H groups in total. The molecule has 0 bridgehead atoms. The lowest BCUT2D eigenvalue weighted by Gasteiger charge is -2.09. The Bertz CT molecular complexity index is 785. The predicted molar refractivity (Wildman–Crippen MR) is 106 cm³/mol. The van der Waals surface area contributed by atoms with Crippen LogP contribution in [0.4, 0.5) is 0 Å². The van der Waals surface area contributed by atoms with Crippen molar-refractivity contribution in [1.29, 1.82) is 0 Å². The van der Waals surface area contributed by atoms with E-state index in [9.17, 15) is 4.79 Å². The van der Waals surface area contributed by atoms with E-state index in [1.54, 1.807) is 12.3 Å². The highest BCUT2D eigenvalue weighted by Crippen LogP contribution is 2.24. The number of halogens is 1. The Kier molecular flexibility index (Phi) is 7.42. The van der Waals surface area contributed by atoms with Gasteiger partial charge < -0.3 is 10.1 Å². The second-order valence-electron chi connectivity index (χ2n) is 5.77. The molecular weight excluding hydrogens is 348 g/mol. The molecule has 0 spiro atoms. The number of pyridine rings is 1. The summed E-state index contributed by atoms with van der Waals surface area (Å²) in [5.41, 5.74) is 2.88. The number of benzene rings is 1. The number of nitrogens with zero attached hydrogens (tertiary/aromatic N) is 1. The molecule has 0 saturated heterocycles. The quantitative estimate of drug-likeness (QED) is 0.699. The number of hydrogen-bond donors (Lipinski definition) is 1. The number of rotatable bonds is 8. The van der Waals surface area contributed by atoms with Crippen LogP contribution in [-0.4, -0.2) is 23.5 Å². The topological polar surface area (TPSA) is 51.2 Å². The van der Waals surface area contributed by atoms with Crippen molar-refractivity contribution in [2.24, 2.45) is 0 Å². The fraction of sp³-hybridized carbons (Fsp3) is 0.238. The van der Waals surface area contributed by atoms with E-state index in [0.29, 0.717) is 18.1 Å². The molecule has 1 aromatic carbocycles. The first-order valence-electron chi connectivity index (χ1n) is 8.45. The monoisotopic (exact) mass is 370 g/mol. The largest absolute Gasteiger partial charge is 0.494 e. The Morgan fingerprint density at radius 2 is 2.19 bits per heavy atom. The van der Waals surface area contributed by atoms with Crippen molar-refractivity contribution in [3.63, 3.8) is 0 Å². The van der Waals surface area contributed by atoms with Crippen LogP contribution in [0.3, 0.4) is 0 Å². The zero-order chi connectivity index (χ0) is 18.9. The van der Waals surface area contributed by atoms with Crippen LogP contribution in [0.2, 0.25) is 5.02 Å². The van der Waals surface area contributed by atoms with Crippen LogP contribution in [0.25, 0.3) is 6.08 Å². The summed E-state index contributed by atoms with van der Waals surface area (Å²) in [5, 5.41) is 3.45. The van der Waals surface area contributed by atoms with Crippen LogP contribution in [0.15, 0.2) is 55.3 Å². The van der Waals surface area contributed by atoms with Crippen LogP contribution in [0.1, 0.15) is 30.7 Å². The number of aromatic nitrogens is 1. The summed E-state index contributed by atoms with van der Waals surface area (Å²) in [5.74, 6) is 0.672. The minimum Gasteiger partial charge on any atom is -0.494 e. The van der Waals surface area contributed by atoms with Gasteiger partial charge in [-0.3, -0.25) is 9.78 Å². The van der Waals surface area contributed by atoms with Crippen LogP contribution in [0.5, 0.6) is 5.75 Å². The highest BCUT2D eigenvalue weighted by atomic mass is 35.5. The molecule has 1 atom stereocenters. The number of amides is 1. The van der Waals surface area contributed by atoms with Gasteiger partial charge in [0.05, 0.1) is 12.6 Å². The van der Waals surface area contributed by atoms with E-state index in [4.69, 9.17) is 16.3 Å². The van der Waals surface area contributed by atoms with E-state index < -0.39 is 0 Å².